The lowest BCUT2D eigenvalue weighted by Gasteiger charge is -2.37. The topological polar surface area (TPSA) is 86.9 Å². The fourth-order valence-corrected chi connectivity index (χ4v) is 3.39. The van der Waals surface area contributed by atoms with Crippen LogP contribution in [0.3, 0.4) is 0 Å². The molecule has 0 aromatic heterocycles. The zero-order valence-corrected chi connectivity index (χ0v) is 13.1. The van der Waals surface area contributed by atoms with Gasteiger partial charge in [0.15, 0.2) is 0 Å². The molecule has 3 rings (SSSR count). The van der Waals surface area contributed by atoms with Crippen LogP contribution in [0.25, 0.3) is 0 Å². The molecule has 3 atom stereocenters. The third kappa shape index (κ3) is 3.07. The Hall–Kier alpha value is -1.99. The number of nitro groups is 1. The number of hydrogen-bond donors (Lipinski definition) is 1. The maximum atomic E-state index is 12.7. The highest BCUT2D eigenvalue weighted by Crippen LogP contribution is 2.29. The Morgan fingerprint density at radius 1 is 1.30 bits per heavy atom. The van der Waals surface area contributed by atoms with E-state index in [9.17, 15) is 20.0 Å². The Labute approximate surface area is 134 Å². The summed E-state index contributed by atoms with van der Waals surface area (Å²) in [4.78, 5) is 26.8. The normalized spacial score (nSPS) is 29.0. The molecule has 0 aliphatic carbocycles. The number of anilines is 1. The molecule has 7 heteroatoms. The number of benzene rings is 1. The van der Waals surface area contributed by atoms with Crippen molar-refractivity contribution in [3.05, 3.63) is 34.4 Å². The first-order valence-corrected chi connectivity index (χ1v) is 7.95. The molecule has 2 saturated heterocycles. The molecule has 1 N–H and O–H groups in total. The highest BCUT2D eigenvalue weighted by Gasteiger charge is 2.39. The number of nitrogens with zero attached hydrogens (tertiary/aromatic N) is 3. The Bertz CT molecular complexity index is 621. The maximum Gasteiger partial charge on any atom is 0.271 e. The lowest BCUT2D eigenvalue weighted by atomic mass is 9.94. The third-order valence-corrected chi connectivity index (χ3v) is 4.92. The van der Waals surface area contributed by atoms with E-state index in [-0.39, 0.29) is 23.6 Å². The summed E-state index contributed by atoms with van der Waals surface area (Å²) in [5, 5.41) is 20.9. The summed E-state index contributed by atoms with van der Waals surface area (Å²) >= 11 is 0. The second-order valence-corrected chi connectivity index (χ2v) is 6.40. The van der Waals surface area contributed by atoms with Gasteiger partial charge in [-0.1, -0.05) is 13.0 Å². The predicted molar refractivity (Wildman–Crippen MR) is 85.2 cm³/mol. The lowest BCUT2D eigenvalue weighted by molar-refractivity contribution is -0.384. The van der Waals surface area contributed by atoms with Crippen molar-refractivity contribution in [3.8, 4) is 0 Å². The molecule has 0 saturated carbocycles. The van der Waals surface area contributed by atoms with Gasteiger partial charge in [-0.25, -0.2) is 0 Å². The molecule has 2 aliphatic heterocycles. The van der Waals surface area contributed by atoms with Gasteiger partial charge in [0, 0.05) is 25.2 Å². The van der Waals surface area contributed by atoms with E-state index in [4.69, 9.17) is 0 Å². The van der Waals surface area contributed by atoms with Crippen LogP contribution in [0.2, 0.25) is 0 Å². The van der Waals surface area contributed by atoms with E-state index < -0.39 is 11.0 Å². The van der Waals surface area contributed by atoms with Gasteiger partial charge in [-0.15, -0.1) is 0 Å². The highest BCUT2D eigenvalue weighted by molar-refractivity contribution is 5.99. The summed E-state index contributed by atoms with van der Waals surface area (Å²) in [7, 11) is 0. The monoisotopic (exact) mass is 319 g/mol. The van der Waals surface area contributed by atoms with Crippen LogP contribution in [0.15, 0.2) is 24.3 Å². The average Bonchev–Trinajstić information content (AvgIpc) is 2.92. The average molecular weight is 319 g/mol. The minimum atomic E-state index is -0.454. The van der Waals surface area contributed by atoms with Gasteiger partial charge in [0.2, 0.25) is 5.91 Å². The molecule has 124 valence electrons. The first-order chi connectivity index (χ1) is 11.0. The first kappa shape index (κ1) is 15.9. The summed E-state index contributed by atoms with van der Waals surface area (Å²) in [6, 6.07) is 5.94. The van der Waals surface area contributed by atoms with Crippen LogP contribution in [-0.2, 0) is 4.79 Å². The zero-order chi connectivity index (χ0) is 16.6. The number of nitro benzene ring substituents is 1. The lowest BCUT2D eigenvalue weighted by Crippen LogP contribution is -2.50. The largest absolute Gasteiger partial charge is 0.392 e. The number of carbonyl (C=O) groups is 1. The van der Waals surface area contributed by atoms with E-state index >= 15 is 0 Å². The number of amides is 1. The van der Waals surface area contributed by atoms with Gasteiger partial charge in [0.1, 0.15) is 0 Å². The van der Waals surface area contributed by atoms with E-state index in [1.807, 2.05) is 11.8 Å². The number of aliphatic hydroxyl groups excluding tert-OH is 1. The second kappa shape index (κ2) is 6.25. The van der Waals surface area contributed by atoms with Gasteiger partial charge in [-0.3, -0.25) is 19.8 Å². The maximum absolute atomic E-state index is 12.7. The van der Waals surface area contributed by atoms with E-state index in [0.29, 0.717) is 25.2 Å². The van der Waals surface area contributed by atoms with Crippen LogP contribution >= 0.6 is 0 Å². The van der Waals surface area contributed by atoms with Crippen LogP contribution in [0.1, 0.15) is 19.8 Å². The van der Waals surface area contributed by atoms with Crippen LogP contribution in [0.5, 0.6) is 0 Å². The van der Waals surface area contributed by atoms with E-state index in [1.54, 1.807) is 17.0 Å². The number of hydrogen-bond acceptors (Lipinski definition) is 5. The van der Waals surface area contributed by atoms with E-state index in [2.05, 4.69) is 0 Å². The molecule has 1 amide bonds. The Kier molecular flexibility index (Phi) is 4.32. The smallest absolute Gasteiger partial charge is 0.271 e. The van der Waals surface area contributed by atoms with Gasteiger partial charge in [0.05, 0.1) is 22.8 Å². The van der Waals surface area contributed by atoms with Crippen LogP contribution in [-0.4, -0.2) is 52.6 Å². The molecule has 0 radical (unpaired) electrons. The van der Waals surface area contributed by atoms with Crippen LogP contribution in [0.4, 0.5) is 11.4 Å². The summed E-state index contributed by atoms with van der Waals surface area (Å²) in [6.07, 6.45) is 1.16. The fourth-order valence-electron chi connectivity index (χ4n) is 3.39. The summed E-state index contributed by atoms with van der Waals surface area (Å²) in [6.45, 7) is 3.89. The first-order valence-electron chi connectivity index (χ1n) is 7.95. The second-order valence-electron chi connectivity index (χ2n) is 6.40. The molecule has 2 aliphatic rings. The quantitative estimate of drug-likeness (QED) is 0.672. The van der Waals surface area contributed by atoms with Gasteiger partial charge in [-0.05, 0) is 31.4 Å². The molecular formula is C16H21N3O4. The van der Waals surface area contributed by atoms with Crippen molar-refractivity contribution in [2.45, 2.75) is 31.9 Å². The number of aliphatic hydroxyl groups is 1. The molecular weight excluding hydrogens is 298 g/mol. The molecule has 0 spiro atoms. The fraction of sp³-hybridized carbons (Fsp3) is 0.562. The number of non-ortho nitro benzene ring substituents is 1. The Balaban J connectivity index is 1.74. The summed E-state index contributed by atoms with van der Waals surface area (Å²) in [5.41, 5.74) is 0.554. The van der Waals surface area contributed by atoms with Crippen molar-refractivity contribution < 1.29 is 14.8 Å². The summed E-state index contributed by atoms with van der Waals surface area (Å²) < 4.78 is 0. The molecule has 23 heavy (non-hydrogen) atoms. The zero-order valence-electron chi connectivity index (χ0n) is 13.1. The SMILES string of the molecule is CC1CCN(C2CCN(c3cccc([N+](=O)[O-])c3)C2=O)CC1O. The molecule has 7 nitrogen and oxygen atoms in total. The predicted octanol–water partition coefficient (Wildman–Crippen LogP) is 1.40. The van der Waals surface area contributed by atoms with Crippen molar-refractivity contribution in [2.24, 2.45) is 5.92 Å². The molecule has 3 unspecified atom stereocenters. The van der Waals surface area contributed by atoms with Crippen molar-refractivity contribution >= 4 is 17.3 Å². The van der Waals surface area contributed by atoms with E-state index in [0.717, 1.165) is 13.0 Å². The van der Waals surface area contributed by atoms with Gasteiger partial charge >= 0.3 is 0 Å². The minimum absolute atomic E-state index is 0.0130. The number of β-amino-alcohol motifs (C(OH)–C–C–N with tert-alkyl or cyclic N) is 1. The Morgan fingerprint density at radius 3 is 2.78 bits per heavy atom. The number of carbonyl (C=O) groups excluding carboxylic acids is 1. The molecule has 2 fully saturated rings. The minimum Gasteiger partial charge on any atom is -0.392 e. The number of likely N-dealkylation sites (tertiary alicyclic amines) is 1. The van der Waals surface area contributed by atoms with Gasteiger partial charge in [0.25, 0.3) is 5.69 Å². The van der Waals surface area contributed by atoms with Crippen molar-refractivity contribution in [3.63, 3.8) is 0 Å². The summed E-state index contributed by atoms with van der Waals surface area (Å²) in [5.74, 6) is 0.225. The van der Waals surface area contributed by atoms with Crippen LogP contribution in [0, 0.1) is 16.0 Å². The molecule has 0 bridgehead atoms. The standard InChI is InChI=1S/C16H21N3O4/c1-11-5-7-17(10-15(11)20)14-6-8-18(16(14)21)12-3-2-4-13(9-12)19(22)23/h2-4,9,11,14-15,20H,5-8,10H2,1H3. The van der Waals surface area contributed by atoms with Crippen LogP contribution < -0.4 is 4.90 Å². The molecule has 1 aromatic carbocycles. The Morgan fingerprint density at radius 2 is 2.09 bits per heavy atom. The van der Waals surface area contributed by atoms with Gasteiger partial charge < -0.3 is 10.0 Å². The number of piperidine rings is 1. The van der Waals surface area contributed by atoms with E-state index in [1.165, 1.54) is 12.1 Å². The van der Waals surface area contributed by atoms with Crippen molar-refractivity contribution in [1.82, 2.24) is 4.90 Å². The third-order valence-electron chi connectivity index (χ3n) is 4.92. The van der Waals surface area contributed by atoms with Gasteiger partial charge in [-0.2, -0.15) is 0 Å². The number of rotatable bonds is 3. The van der Waals surface area contributed by atoms with Crippen molar-refractivity contribution in [2.75, 3.05) is 24.5 Å². The highest BCUT2D eigenvalue weighted by atomic mass is 16.6. The molecule has 1 aromatic rings. The van der Waals surface area contributed by atoms with Crippen molar-refractivity contribution in [1.29, 1.82) is 0 Å². The molecule has 2 heterocycles.